The van der Waals surface area contributed by atoms with Gasteiger partial charge in [-0.2, -0.15) is 0 Å². The largest absolute Gasteiger partial charge is 0.493 e. The van der Waals surface area contributed by atoms with Gasteiger partial charge in [0.25, 0.3) is 0 Å². The average molecular weight is 450 g/mol. The zero-order valence-electron chi connectivity index (χ0n) is 19.6. The van der Waals surface area contributed by atoms with Crippen LogP contribution in [0.5, 0.6) is 11.5 Å². The van der Waals surface area contributed by atoms with Crippen LogP contribution in [0.25, 0.3) is 0 Å². The first-order valence-corrected chi connectivity index (χ1v) is 11.7. The molecule has 3 N–H and O–H groups in total. The molecule has 0 unspecified atom stereocenters. The van der Waals surface area contributed by atoms with E-state index in [1.54, 1.807) is 7.11 Å². The molecule has 3 rings (SSSR count). The van der Waals surface area contributed by atoms with E-state index in [4.69, 9.17) is 9.47 Å². The van der Waals surface area contributed by atoms with Crippen molar-refractivity contribution >= 4 is 5.91 Å². The van der Waals surface area contributed by atoms with Crippen LogP contribution < -0.4 is 14.8 Å². The number of aliphatic hydroxyl groups excluding tert-OH is 2. The monoisotopic (exact) mass is 449 g/mol. The van der Waals surface area contributed by atoms with Gasteiger partial charge in [-0.15, -0.1) is 0 Å². The molecule has 0 aliphatic carbocycles. The SMILES string of the molecule is COc1cc(CN[C@@H]2C[C@@H](O)CN(C(C)=O)C[C@H]2O)ccc1OCCN1CCC(C)CC1. The Bertz CT molecular complexity index is 738. The van der Waals surface area contributed by atoms with Gasteiger partial charge in [0.05, 0.1) is 19.3 Å². The number of rotatable bonds is 8. The number of carbonyl (C=O) groups is 1. The van der Waals surface area contributed by atoms with Gasteiger partial charge >= 0.3 is 0 Å². The molecule has 2 fully saturated rings. The second-order valence-corrected chi connectivity index (χ2v) is 9.23. The number of ether oxygens (including phenoxy) is 2. The molecule has 0 spiro atoms. The van der Waals surface area contributed by atoms with Gasteiger partial charge < -0.3 is 29.9 Å². The molecule has 180 valence electrons. The lowest BCUT2D eigenvalue weighted by molar-refractivity contribution is -0.131. The Morgan fingerprint density at radius 2 is 1.94 bits per heavy atom. The fourth-order valence-corrected chi connectivity index (χ4v) is 4.44. The van der Waals surface area contributed by atoms with Crippen LogP contribution in [0.1, 0.15) is 38.7 Å². The maximum atomic E-state index is 11.7. The average Bonchev–Trinajstić information content (AvgIpc) is 2.92. The van der Waals surface area contributed by atoms with E-state index in [0.717, 1.165) is 36.9 Å². The zero-order chi connectivity index (χ0) is 23.1. The second-order valence-electron chi connectivity index (χ2n) is 9.23. The first kappa shape index (κ1) is 24.8. The number of carbonyl (C=O) groups excluding carboxylic acids is 1. The minimum Gasteiger partial charge on any atom is -0.493 e. The minimum absolute atomic E-state index is 0.140. The van der Waals surface area contributed by atoms with E-state index in [0.29, 0.717) is 25.3 Å². The Balaban J connectivity index is 1.51. The topological polar surface area (TPSA) is 94.5 Å². The van der Waals surface area contributed by atoms with Crippen LogP contribution in [0.3, 0.4) is 0 Å². The highest BCUT2D eigenvalue weighted by molar-refractivity contribution is 5.73. The zero-order valence-corrected chi connectivity index (χ0v) is 19.6. The standard InChI is InChI=1S/C24H39N3O5/c1-17-6-8-26(9-7-17)10-11-32-23-5-4-19(12-24(23)31-3)14-25-21-13-20(29)15-27(18(2)28)16-22(21)30/h4-5,12,17,20-22,25,29-30H,6-11,13-16H2,1-3H3/t20-,21-,22-/m1/s1. The van der Waals surface area contributed by atoms with Gasteiger partial charge in [-0.05, 0) is 56.0 Å². The quantitative estimate of drug-likeness (QED) is 0.550. The van der Waals surface area contributed by atoms with Gasteiger partial charge in [0, 0.05) is 39.1 Å². The number of hydrogen-bond donors (Lipinski definition) is 3. The van der Waals surface area contributed by atoms with Gasteiger partial charge in [-0.1, -0.05) is 13.0 Å². The lowest BCUT2D eigenvalue weighted by Crippen LogP contribution is -2.44. The van der Waals surface area contributed by atoms with Crippen molar-refractivity contribution in [1.29, 1.82) is 0 Å². The van der Waals surface area contributed by atoms with Crippen LogP contribution in [0.15, 0.2) is 18.2 Å². The first-order valence-electron chi connectivity index (χ1n) is 11.7. The number of piperidine rings is 1. The van der Waals surface area contributed by atoms with E-state index in [1.165, 1.54) is 24.7 Å². The van der Waals surface area contributed by atoms with Crippen LogP contribution in [0.2, 0.25) is 0 Å². The number of methoxy groups -OCH3 is 1. The highest BCUT2D eigenvalue weighted by atomic mass is 16.5. The summed E-state index contributed by atoms with van der Waals surface area (Å²) < 4.78 is 11.5. The highest BCUT2D eigenvalue weighted by Crippen LogP contribution is 2.28. The Hall–Kier alpha value is -1.87. The summed E-state index contributed by atoms with van der Waals surface area (Å²) >= 11 is 0. The summed E-state index contributed by atoms with van der Waals surface area (Å²) in [4.78, 5) is 15.6. The van der Waals surface area contributed by atoms with Crippen molar-refractivity contribution in [1.82, 2.24) is 15.1 Å². The maximum Gasteiger partial charge on any atom is 0.219 e. The molecule has 1 aromatic rings. The molecular formula is C24H39N3O5. The lowest BCUT2D eigenvalue weighted by atomic mass is 9.99. The smallest absolute Gasteiger partial charge is 0.219 e. The number of aliphatic hydroxyl groups is 2. The van der Waals surface area contributed by atoms with Crippen LogP contribution >= 0.6 is 0 Å². The Kier molecular flexibility index (Phi) is 9.16. The Morgan fingerprint density at radius 3 is 2.62 bits per heavy atom. The molecule has 0 radical (unpaired) electrons. The molecule has 0 aromatic heterocycles. The van der Waals surface area contributed by atoms with Crippen molar-refractivity contribution in [2.45, 2.75) is 57.9 Å². The molecule has 2 heterocycles. The number of nitrogens with one attached hydrogen (secondary N) is 1. The number of benzene rings is 1. The van der Waals surface area contributed by atoms with E-state index in [2.05, 4.69) is 17.1 Å². The van der Waals surface area contributed by atoms with Crippen molar-refractivity contribution in [3.63, 3.8) is 0 Å². The van der Waals surface area contributed by atoms with Gasteiger partial charge in [0.2, 0.25) is 5.91 Å². The summed E-state index contributed by atoms with van der Waals surface area (Å²) in [7, 11) is 1.63. The molecule has 1 aromatic carbocycles. The third-order valence-electron chi connectivity index (χ3n) is 6.61. The van der Waals surface area contributed by atoms with E-state index < -0.39 is 12.2 Å². The Morgan fingerprint density at radius 1 is 1.19 bits per heavy atom. The third-order valence-corrected chi connectivity index (χ3v) is 6.61. The van der Waals surface area contributed by atoms with Gasteiger partial charge in [-0.25, -0.2) is 0 Å². The minimum atomic E-state index is -0.738. The Labute approximate surface area is 191 Å². The number of nitrogens with zero attached hydrogens (tertiary/aromatic N) is 2. The molecular weight excluding hydrogens is 410 g/mol. The highest BCUT2D eigenvalue weighted by Gasteiger charge is 2.30. The predicted octanol–water partition coefficient (Wildman–Crippen LogP) is 1.24. The molecule has 2 aliphatic heterocycles. The van der Waals surface area contributed by atoms with Gasteiger partial charge in [0.15, 0.2) is 11.5 Å². The molecule has 1 amide bonds. The molecule has 2 saturated heterocycles. The predicted molar refractivity (Wildman–Crippen MR) is 123 cm³/mol. The van der Waals surface area contributed by atoms with Crippen LogP contribution in [-0.4, -0.2) is 90.6 Å². The van der Waals surface area contributed by atoms with Crippen molar-refractivity contribution < 1.29 is 24.5 Å². The summed E-state index contributed by atoms with van der Waals surface area (Å²) in [6, 6.07) is 5.54. The maximum absolute atomic E-state index is 11.7. The summed E-state index contributed by atoms with van der Waals surface area (Å²) in [5.74, 6) is 2.09. The second kappa shape index (κ2) is 11.8. The molecule has 0 bridgehead atoms. The van der Waals surface area contributed by atoms with E-state index in [-0.39, 0.29) is 25.0 Å². The molecule has 3 atom stereocenters. The fourth-order valence-electron chi connectivity index (χ4n) is 4.44. The van der Waals surface area contributed by atoms with Crippen molar-refractivity contribution in [3.05, 3.63) is 23.8 Å². The van der Waals surface area contributed by atoms with Gasteiger partial charge in [0.1, 0.15) is 6.61 Å². The molecule has 2 aliphatic rings. The van der Waals surface area contributed by atoms with E-state index >= 15 is 0 Å². The van der Waals surface area contributed by atoms with Gasteiger partial charge in [-0.3, -0.25) is 9.69 Å². The normalized spacial score (nSPS) is 25.4. The number of amides is 1. The fraction of sp³-hybridized carbons (Fsp3) is 0.708. The van der Waals surface area contributed by atoms with Crippen LogP contribution in [0, 0.1) is 5.92 Å². The molecule has 8 heteroatoms. The summed E-state index contributed by atoms with van der Waals surface area (Å²) in [6.45, 7) is 8.56. The lowest BCUT2D eigenvalue weighted by Gasteiger charge is -2.30. The van der Waals surface area contributed by atoms with E-state index in [9.17, 15) is 15.0 Å². The molecule has 0 saturated carbocycles. The summed E-state index contributed by atoms with van der Waals surface area (Å²) in [5, 5.41) is 24.1. The van der Waals surface area contributed by atoms with Crippen molar-refractivity contribution in [2.75, 3.05) is 46.4 Å². The molecule has 32 heavy (non-hydrogen) atoms. The number of hydrogen-bond acceptors (Lipinski definition) is 7. The first-order chi connectivity index (χ1) is 15.4. The molecule has 8 nitrogen and oxygen atoms in total. The third kappa shape index (κ3) is 7.07. The number of β-amino-alcohol motifs (C(OH)–C–C–N with tert-alkyl or cyclic N) is 2. The van der Waals surface area contributed by atoms with Crippen LogP contribution in [0.4, 0.5) is 0 Å². The number of likely N-dealkylation sites (tertiary alicyclic amines) is 2. The van der Waals surface area contributed by atoms with E-state index in [1.807, 2.05) is 18.2 Å². The summed E-state index contributed by atoms with van der Waals surface area (Å²) in [5.41, 5.74) is 0.994. The van der Waals surface area contributed by atoms with Crippen molar-refractivity contribution in [3.8, 4) is 11.5 Å². The van der Waals surface area contributed by atoms with Crippen LogP contribution in [-0.2, 0) is 11.3 Å². The summed E-state index contributed by atoms with van der Waals surface area (Å²) in [6.07, 6.45) is 1.49. The van der Waals surface area contributed by atoms with Crippen molar-refractivity contribution in [2.24, 2.45) is 5.92 Å².